The van der Waals surface area contributed by atoms with Crippen LogP contribution in [0, 0.1) is 0 Å². The first kappa shape index (κ1) is 11.6. The molecule has 0 amide bonds. The molecule has 1 N–H and O–H groups in total. The molecular formula is C12H21N3O. The summed E-state index contributed by atoms with van der Waals surface area (Å²) >= 11 is 0. The van der Waals surface area contributed by atoms with Crippen molar-refractivity contribution in [2.75, 3.05) is 6.54 Å². The van der Waals surface area contributed by atoms with Crippen LogP contribution in [0.1, 0.15) is 57.7 Å². The lowest BCUT2D eigenvalue weighted by Gasteiger charge is -2.19. The fourth-order valence-corrected chi connectivity index (χ4v) is 1.57. The maximum Gasteiger partial charge on any atom is 0.219 e. The van der Waals surface area contributed by atoms with E-state index in [0.717, 1.165) is 31.2 Å². The molecule has 2 rings (SSSR count). The number of aromatic nitrogens is 2. The Kier molecular flexibility index (Phi) is 3.28. The summed E-state index contributed by atoms with van der Waals surface area (Å²) in [6.07, 6.45) is 4.35. The van der Waals surface area contributed by atoms with Crippen LogP contribution >= 0.6 is 0 Å². The Morgan fingerprint density at radius 1 is 1.31 bits per heavy atom. The van der Waals surface area contributed by atoms with Gasteiger partial charge in [-0.3, -0.25) is 0 Å². The van der Waals surface area contributed by atoms with E-state index in [0.29, 0.717) is 5.92 Å². The molecule has 4 nitrogen and oxygen atoms in total. The van der Waals surface area contributed by atoms with Gasteiger partial charge in [-0.15, -0.1) is 10.2 Å². The first-order valence-electron chi connectivity index (χ1n) is 6.12. The van der Waals surface area contributed by atoms with E-state index < -0.39 is 0 Å². The minimum Gasteiger partial charge on any atom is -0.425 e. The Balaban J connectivity index is 1.68. The van der Waals surface area contributed by atoms with Gasteiger partial charge in [0.25, 0.3) is 0 Å². The average molecular weight is 223 g/mol. The standard InChI is InChI=1S/C12H21N3O/c1-12(2,3)13-8-4-5-10-14-15-11(16-10)9-6-7-9/h9,13H,4-8H2,1-3H3. The lowest BCUT2D eigenvalue weighted by Crippen LogP contribution is -2.36. The molecule has 90 valence electrons. The van der Waals surface area contributed by atoms with Crippen LogP contribution in [0.15, 0.2) is 4.42 Å². The smallest absolute Gasteiger partial charge is 0.219 e. The van der Waals surface area contributed by atoms with Gasteiger partial charge in [-0.2, -0.15) is 0 Å². The molecule has 1 fully saturated rings. The molecule has 0 bridgehead atoms. The molecule has 1 aromatic heterocycles. The van der Waals surface area contributed by atoms with Crippen molar-refractivity contribution in [3.05, 3.63) is 11.8 Å². The van der Waals surface area contributed by atoms with Gasteiger partial charge in [-0.1, -0.05) is 0 Å². The molecule has 1 saturated carbocycles. The number of aryl methyl sites for hydroxylation is 1. The quantitative estimate of drug-likeness (QED) is 0.778. The number of nitrogens with one attached hydrogen (secondary N) is 1. The molecular weight excluding hydrogens is 202 g/mol. The van der Waals surface area contributed by atoms with Gasteiger partial charge in [0.1, 0.15) is 0 Å². The van der Waals surface area contributed by atoms with Crippen molar-refractivity contribution in [2.24, 2.45) is 0 Å². The van der Waals surface area contributed by atoms with Gasteiger partial charge < -0.3 is 9.73 Å². The van der Waals surface area contributed by atoms with Crippen molar-refractivity contribution in [3.63, 3.8) is 0 Å². The first-order valence-corrected chi connectivity index (χ1v) is 6.12. The van der Waals surface area contributed by atoms with Gasteiger partial charge in [0.15, 0.2) is 0 Å². The second kappa shape index (κ2) is 4.53. The van der Waals surface area contributed by atoms with Gasteiger partial charge >= 0.3 is 0 Å². The van der Waals surface area contributed by atoms with E-state index >= 15 is 0 Å². The Hall–Kier alpha value is -0.900. The highest BCUT2D eigenvalue weighted by molar-refractivity contribution is 5.00. The maximum atomic E-state index is 5.59. The molecule has 16 heavy (non-hydrogen) atoms. The Labute approximate surface area is 96.8 Å². The zero-order chi connectivity index (χ0) is 11.6. The van der Waals surface area contributed by atoms with E-state index in [1.807, 2.05) is 0 Å². The number of hydrogen-bond acceptors (Lipinski definition) is 4. The molecule has 0 saturated heterocycles. The summed E-state index contributed by atoms with van der Waals surface area (Å²) < 4.78 is 5.59. The van der Waals surface area contributed by atoms with Gasteiger partial charge in [0, 0.05) is 17.9 Å². The van der Waals surface area contributed by atoms with E-state index in [4.69, 9.17) is 4.42 Å². The number of nitrogens with zero attached hydrogens (tertiary/aromatic N) is 2. The fraction of sp³-hybridized carbons (Fsp3) is 0.833. The highest BCUT2D eigenvalue weighted by Crippen LogP contribution is 2.39. The van der Waals surface area contributed by atoms with Gasteiger partial charge in [-0.05, 0) is 46.6 Å². The topological polar surface area (TPSA) is 51.0 Å². The average Bonchev–Trinajstić information content (AvgIpc) is 2.93. The maximum absolute atomic E-state index is 5.59. The van der Waals surface area contributed by atoms with Crippen LogP contribution in [0.4, 0.5) is 0 Å². The molecule has 0 aliphatic heterocycles. The molecule has 0 atom stereocenters. The molecule has 1 aliphatic rings. The molecule has 1 aromatic rings. The third-order valence-corrected chi connectivity index (χ3v) is 2.63. The summed E-state index contributed by atoms with van der Waals surface area (Å²) in [5.74, 6) is 2.20. The van der Waals surface area contributed by atoms with Gasteiger partial charge in [0.2, 0.25) is 11.8 Å². The SMILES string of the molecule is CC(C)(C)NCCCc1nnc(C2CC2)o1. The molecule has 0 radical (unpaired) electrons. The summed E-state index contributed by atoms with van der Waals surface area (Å²) in [5, 5.41) is 11.6. The first-order chi connectivity index (χ1) is 7.54. The molecule has 0 spiro atoms. The normalized spacial score (nSPS) is 16.7. The lowest BCUT2D eigenvalue weighted by molar-refractivity contribution is 0.405. The third kappa shape index (κ3) is 3.59. The molecule has 0 aromatic carbocycles. The summed E-state index contributed by atoms with van der Waals surface area (Å²) in [7, 11) is 0. The van der Waals surface area contributed by atoms with Crippen molar-refractivity contribution in [3.8, 4) is 0 Å². The van der Waals surface area contributed by atoms with Crippen molar-refractivity contribution in [2.45, 2.75) is 57.9 Å². The minimum absolute atomic E-state index is 0.189. The molecule has 0 unspecified atom stereocenters. The van der Waals surface area contributed by atoms with Crippen LogP contribution in [0.3, 0.4) is 0 Å². The van der Waals surface area contributed by atoms with Crippen LogP contribution < -0.4 is 5.32 Å². The largest absolute Gasteiger partial charge is 0.425 e. The monoisotopic (exact) mass is 223 g/mol. The zero-order valence-electron chi connectivity index (χ0n) is 10.4. The van der Waals surface area contributed by atoms with E-state index in [2.05, 4.69) is 36.3 Å². The van der Waals surface area contributed by atoms with Crippen molar-refractivity contribution in [1.82, 2.24) is 15.5 Å². The summed E-state index contributed by atoms with van der Waals surface area (Å²) in [6, 6.07) is 0. The van der Waals surface area contributed by atoms with Crippen LogP contribution in [0.5, 0.6) is 0 Å². The van der Waals surface area contributed by atoms with E-state index in [1.54, 1.807) is 0 Å². The Morgan fingerprint density at radius 3 is 2.69 bits per heavy atom. The number of hydrogen-bond donors (Lipinski definition) is 1. The Morgan fingerprint density at radius 2 is 2.06 bits per heavy atom. The molecule has 1 heterocycles. The summed E-state index contributed by atoms with van der Waals surface area (Å²) in [6.45, 7) is 7.51. The summed E-state index contributed by atoms with van der Waals surface area (Å²) in [5.41, 5.74) is 0.189. The van der Waals surface area contributed by atoms with E-state index in [-0.39, 0.29) is 5.54 Å². The van der Waals surface area contributed by atoms with Crippen LogP contribution in [-0.2, 0) is 6.42 Å². The zero-order valence-corrected chi connectivity index (χ0v) is 10.4. The predicted molar refractivity (Wildman–Crippen MR) is 62.3 cm³/mol. The third-order valence-electron chi connectivity index (χ3n) is 2.63. The van der Waals surface area contributed by atoms with Gasteiger partial charge in [0.05, 0.1) is 0 Å². The van der Waals surface area contributed by atoms with Crippen molar-refractivity contribution >= 4 is 0 Å². The van der Waals surface area contributed by atoms with E-state index in [9.17, 15) is 0 Å². The van der Waals surface area contributed by atoms with E-state index in [1.165, 1.54) is 12.8 Å². The number of rotatable bonds is 5. The van der Waals surface area contributed by atoms with Crippen LogP contribution in [0.25, 0.3) is 0 Å². The molecule has 1 aliphatic carbocycles. The predicted octanol–water partition coefficient (Wildman–Crippen LogP) is 2.27. The second-order valence-corrected chi connectivity index (χ2v) is 5.59. The highest BCUT2D eigenvalue weighted by atomic mass is 16.4. The summed E-state index contributed by atoms with van der Waals surface area (Å²) in [4.78, 5) is 0. The van der Waals surface area contributed by atoms with Crippen molar-refractivity contribution < 1.29 is 4.42 Å². The van der Waals surface area contributed by atoms with Crippen molar-refractivity contribution in [1.29, 1.82) is 0 Å². The lowest BCUT2D eigenvalue weighted by atomic mass is 10.1. The molecule has 4 heteroatoms. The Bertz CT molecular complexity index is 336. The van der Waals surface area contributed by atoms with Gasteiger partial charge in [-0.25, -0.2) is 0 Å². The van der Waals surface area contributed by atoms with Crippen LogP contribution in [0.2, 0.25) is 0 Å². The second-order valence-electron chi connectivity index (χ2n) is 5.59. The highest BCUT2D eigenvalue weighted by Gasteiger charge is 2.29. The fourth-order valence-electron chi connectivity index (χ4n) is 1.57. The minimum atomic E-state index is 0.189. The van der Waals surface area contributed by atoms with Crippen LogP contribution in [-0.4, -0.2) is 22.3 Å².